The van der Waals surface area contributed by atoms with E-state index in [1.807, 2.05) is 42.5 Å². The number of hydrogen-bond donors (Lipinski definition) is 0. The largest absolute Gasteiger partial charge is 0.375 e. The molecule has 4 aromatic rings. The lowest BCUT2D eigenvalue weighted by Gasteiger charge is -2.57. The second-order valence-electron chi connectivity index (χ2n) is 10.6. The predicted octanol–water partition coefficient (Wildman–Crippen LogP) is 6.03. The molecule has 5 unspecified atom stereocenters. The SMILES string of the molecule is c1ccc(COCC2C3OCC(C(OCc4ccccc4)C3OCc3ccccc3)N2Cc2ccccc2)cc1. The van der Waals surface area contributed by atoms with Crippen molar-refractivity contribution in [3.63, 3.8) is 0 Å². The van der Waals surface area contributed by atoms with Crippen molar-refractivity contribution in [1.82, 2.24) is 4.90 Å². The van der Waals surface area contributed by atoms with E-state index in [-0.39, 0.29) is 30.4 Å². The molecule has 206 valence electrons. The Balaban J connectivity index is 1.25. The standard InChI is InChI=1S/C35H37NO4/c1-5-13-27(14-6-1)21-36-31(25-37-22-28-15-7-2-8-16-28)33-35(39-24-30-19-11-4-12-20-30)34(32(36)26-40-33)38-23-29-17-9-3-10-18-29/h1-20,31-35H,21-26H2. The zero-order valence-electron chi connectivity index (χ0n) is 22.8. The van der Waals surface area contributed by atoms with Crippen LogP contribution in [0.5, 0.6) is 0 Å². The molecule has 0 spiro atoms. The maximum atomic E-state index is 6.71. The summed E-state index contributed by atoms with van der Waals surface area (Å²) in [6, 6.07) is 41.8. The van der Waals surface area contributed by atoms with Gasteiger partial charge in [-0.15, -0.1) is 0 Å². The zero-order chi connectivity index (χ0) is 27.0. The molecule has 5 nitrogen and oxygen atoms in total. The van der Waals surface area contributed by atoms with Crippen LogP contribution in [0.3, 0.4) is 0 Å². The van der Waals surface area contributed by atoms with E-state index in [4.69, 9.17) is 18.9 Å². The molecule has 0 N–H and O–H groups in total. The van der Waals surface area contributed by atoms with Gasteiger partial charge in [-0.2, -0.15) is 0 Å². The minimum atomic E-state index is -0.208. The van der Waals surface area contributed by atoms with Crippen LogP contribution in [0.1, 0.15) is 22.3 Å². The Bertz CT molecular complexity index is 1280. The Morgan fingerprint density at radius 1 is 0.575 bits per heavy atom. The van der Waals surface area contributed by atoms with Crippen LogP contribution in [0.15, 0.2) is 121 Å². The Morgan fingerprint density at radius 2 is 1.05 bits per heavy atom. The van der Waals surface area contributed by atoms with E-state index in [1.54, 1.807) is 0 Å². The molecule has 40 heavy (non-hydrogen) atoms. The molecule has 7 rings (SSSR count). The highest BCUT2D eigenvalue weighted by Gasteiger charge is 2.55. The fourth-order valence-electron chi connectivity index (χ4n) is 5.87. The molecule has 0 saturated carbocycles. The average Bonchev–Trinajstić information content (AvgIpc) is 3.02. The smallest absolute Gasteiger partial charge is 0.113 e. The first kappa shape index (κ1) is 26.9. The van der Waals surface area contributed by atoms with Crippen LogP contribution >= 0.6 is 0 Å². The van der Waals surface area contributed by atoms with Gasteiger partial charge in [0.2, 0.25) is 0 Å². The Labute approximate surface area is 237 Å². The molecular weight excluding hydrogens is 498 g/mol. The van der Waals surface area contributed by atoms with Gasteiger partial charge >= 0.3 is 0 Å². The molecule has 5 heteroatoms. The first-order valence-corrected chi connectivity index (χ1v) is 14.2. The summed E-state index contributed by atoms with van der Waals surface area (Å²) in [5.41, 5.74) is 4.74. The van der Waals surface area contributed by atoms with Crippen molar-refractivity contribution in [1.29, 1.82) is 0 Å². The summed E-state index contributed by atoms with van der Waals surface area (Å²) in [4.78, 5) is 2.53. The molecular formula is C35H37NO4. The summed E-state index contributed by atoms with van der Waals surface area (Å²) in [6.07, 6.45) is -0.509. The van der Waals surface area contributed by atoms with Crippen LogP contribution < -0.4 is 0 Å². The fourth-order valence-corrected chi connectivity index (χ4v) is 5.87. The van der Waals surface area contributed by atoms with E-state index in [0.717, 1.165) is 17.7 Å². The van der Waals surface area contributed by atoms with Gasteiger partial charge in [-0.1, -0.05) is 121 Å². The first-order valence-electron chi connectivity index (χ1n) is 14.2. The van der Waals surface area contributed by atoms with Gasteiger partial charge < -0.3 is 18.9 Å². The van der Waals surface area contributed by atoms with Gasteiger partial charge in [0, 0.05) is 6.54 Å². The quantitative estimate of drug-likeness (QED) is 0.222. The van der Waals surface area contributed by atoms with Gasteiger partial charge in [0.1, 0.15) is 18.3 Å². The van der Waals surface area contributed by atoms with Crippen LogP contribution in [0.2, 0.25) is 0 Å². The predicted molar refractivity (Wildman–Crippen MR) is 155 cm³/mol. The number of nitrogens with zero attached hydrogens (tertiary/aromatic N) is 1. The number of fused-ring (bicyclic) bond motifs is 3. The van der Waals surface area contributed by atoms with E-state index in [1.165, 1.54) is 11.1 Å². The summed E-state index contributed by atoms with van der Waals surface area (Å²) >= 11 is 0. The van der Waals surface area contributed by atoms with Crippen molar-refractivity contribution in [3.05, 3.63) is 144 Å². The molecule has 0 aliphatic carbocycles. The van der Waals surface area contributed by atoms with Gasteiger partial charge in [0.05, 0.1) is 45.1 Å². The topological polar surface area (TPSA) is 40.2 Å². The molecule has 0 radical (unpaired) electrons. The highest BCUT2D eigenvalue weighted by Crippen LogP contribution is 2.38. The molecule has 4 aromatic carbocycles. The highest BCUT2D eigenvalue weighted by atomic mass is 16.6. The summed E-state index contributed by atoms with van der Waals surface area (Å²) in [7, 11) is 0. The van der Waals surface area contributed by atoms with Gasteiger partial charge in [-0.3, -0.25) is 4.90 Å². The molecule has 3 saturated heterocycles. The summed E-state index contributed by atoms with van der Waals surface area (Å²) in [6.45, 7) is 3.59. The summed E-state index contributed by atoms with van der Waals surface area (Å²) in [5, 5.41) is 0. The van der Waals surface area contributed by atoms with Crippen LogP contribution in [-0.2, 0) is 45.3 Å². The second-order valence-corrected chi connectivity index (χ2v) is 10.6. The Morgan fingerprint density at radius 3 is 1.60 bits per heavy atom. The van der Waals surface area contributed by atoms with E-state index in [9.17, 15) is 0 Å². The molecule has 0 aromatic heterocycles. The fraction of sp³-hybridized carbons (Fsp3) is 0.314. The third-order valence-corrected chi connectivity index (χ3v) is 7.90. The minimum Gasteiger partial charge on any atom is -0.375 e. The molecule has 3 fully saturated rings. The molecule has 3 aliphatic heterocycles. The van der Waals surface area contributed by atoms with E-state index < -0.39 is 0 Å². The number of rotatable bonds is 12. The van der Waals surface area contributed by atoms with E-state index in [2.05, 4.69) is 83.8 Å². The molecule has 3 heterocycles. The van der Waals surface area contributed by atoms with E-state index >= 15 is 0 Å². The average molecular weight is 536 g/mol. The van der Waals surface area contributed by atoms with Crippen molar-refractivity contribution in [3.8, 4) is 0 Å². The highest BCUT2D eigenvalue weighted by molar-refractivity contribution is 5.19. The number of hydrogen-bond acceptors (Lipinski definition) is 5. The van der Waals surface area contributed by atoms with Crippen LogP contribution in [-0.4, -0.2) is 48.5 Å². The molecule has 2 bridgehead atoms. The zero-order valence-corrected chi connectivity index (χ0v) is 22.8. The third-order valence-electron chi connectivity index (χ3n) is 7.90. The Kier molecular flexibility index (Phi) is 8.98. The number of morpholine rings is 1. The number of ether oxygens (including phenoxy) is 4. The van der Waals surface area contributed by atoms with Crippen molar-refractivity contribution in [2.45, 2.75) is 56.8 Å². The van der Waals surface area contributed by atoms with Crippen LogP contribution in [0.25, 0.3) is 0 Å². The van der Waals surface area contributed by atoms with Gasteiger partial charge in [-0.05, 0) is 22.3 Å². The molecule has 0 amide bonds. The van der Waals surface area contributed by atoms with Gasteiger partial charge in [0.15, 0.2) is 0 Å². The lowest BCUT2D eigenvalue weighted by molar-refractivity contribution is -0.277. The van der Waals surface area contributed by atoms with Crippen molar-refractivity contribution < 1.29 is 18.9 Å². The first-order chi connectivity index (χ1) is 19.8. The number of benzene rings is 4. The van der Waals surface area contributed by atoms with E-state index in [0.29, 0.717) is 33.0 Å². The summed E-state index contributed by atoms with van der Waals surface area (Å²) in [5.74, 6) is 0. The maximum Gasteiger partial charge on any atom is 0.113 e. The lowest BCUT2D eigenvalue weighted by Crippen LogP contribution is -2.74. The number of piperidine rings is 1. The minimum absolute atomic E-state index is 0.0417. The Hall–Kier alpha value is -3.32. The van der Waals surface area contributed by atoms with Crippen LogP contribution in [0.4, 0.5) is 0 Å². The maximum absolute atomic E-state index is 6.71. The van der Waals surface area contributed by atoms with Crippen molar-refractivity contribution in [2.24, 2.45) is 0 Å². The lowest BCUT2D eigenvalue weighted by atomic mass is 9.84. The third kappa shape index (κ3) is 6.52. The van der Waals surface area contributed by atoms with Gasteiger partial charge in [-0.25, -0.2) is 0 Å². The molecule has 5 atom stereocenters. The molecule has 3 aliphatic rings. The van der Waals surface area contributed by atoms with Crippen molar-refractivity contribution in [2.75, 3.05) is 13.2 Å². The normalized spacial score (nSPS) is 24.2. The van der Waals surface area contributed by atoms with Gasteiger partial charge in [0.25, 0.3) is 0 Å². The van der Waals surface area contributed by atoms with Crippen molar-refractivity contribution >= 4 is 0 Å². The van der Waals surface area contributed by atoms with Crippen LogP contribution in [0, 0.1) is 0 Å². The summed E-state index contributed by atoms with van der Waals surface area (Å²) < 4.78 is 26.2. The second kappa shape index (κ2) is 13.4. The monoisotopic (exact) mass is 535 g/mol.